The number of rotatable bonds is 3. The number of hydrogen-bond acceptors (Lipinski definition) is 5. The van der Waals surface area contributed by atoms with E-state index in [0.717, 1.165) is 0 Å². The van der Waals surface area contributed by atoms with Gasteiger partial charge in [-0.15, -0.1) is 0 Å². The molecular formula is C13H16ClN3O3. The van der Waals surface area contributed by atoms with Crippen LogP contribution in [0.25, 0.3) is 0 Å². The number of carbonyl (C=O) groups is 2. The van der Waals surface area contributed by atoms with E-state index in [1.54, 1.807) is 17.9 Å². The molecule has 108 valence electrons. The van der Waals surface area contributed by atoms with Crippen molar-refractivity contribution in [2.45, 2.75) is 6.92 Å². The SMILES string of the molecule is CCOC(=O)c1cc(N)cc(Cl)c1N1CCNC(=O)C1. The summed E-state index contributed by atoms with van der Waals surface area (Å²) in [6, 6.07) is 3.08. The maximum atomic E-state index is 12.0. The number of nitrogens with zero attached hydrogens (tertiary/aromatic N) is 1. The Balaban J connectivity index is 2.44. The van der Waals surface area contributed by atoms with Crippen molar-refractivity contribution in [3.8, 4) is 0 Å². The van der Waals surface area contributed by atoms with Crippen molar-refractivity contribution in [3.05, 3.63) is 22.7 Å². The summed E-state index contributed by atoms with van der Waals surface area (Å²) >= 11 is 6.20. The second-order valence-electron chi connectivity index (χ2n) is 4.39. The van der Waals surface area contributed by atoms with Crippen LogP contribution in [0.4, 0.5) is 11.4 Å². The number of nitrogen functional groups attached to an aromatic ring is 1. The van der Waals surface area contributed by atoms with Crippen molar-refractivity contribution >= 4 is 34.9 Å². The van der Waals surface area contributed by atoms with Gasteiger partial charge < -0.3 is 20.7 Å². The van der Waals surface area contributed by atoms with Gasteiger partial charge in [-0.3, -0.25) is 4.79 Å². The molecule has 1 aromatic rings. The zero-order chi connectivity index (χ0) is 14.7. The molecule has 3 N–H and O–H groups in total. The normalized spacial score (nSPS) is 14.9. The van der Waals surface area contributed by atoms with Crippen molar-refractivity contribution < 1.29 is 14.3 Å². The van der Waals surface area contributed by atoms with Gasteiger partial charge in [-0.05, 0) is 19.1 Å². The number of ether oxygens (including phenoxy) is 1. The summed E-state index contributed by atoms with van der Waals surface area (Å²) in [6.07, 6.45) is 0. The molecule has 6 nitrogen and oxygen atoms in total. The van der Waals surface area contributed by atoms with Crippen molar-refractivity contribution in [1.29, 1.82) is 0 Å². The molecular weight excluding hydrogens is 282 g/mol. The van der Waals surface area contributed by atoms with E-state index in [4.69, 9.17) is 22.1 Å². The van der Waals surface area contributed by atoms with E-state index in [0.29, 0.717) is 29.5 Å². The van der Waals surface area contributed by atoms with Crippen LogP contribution in [0.1, 0.15) is 17.3 Å². The number of carbonyl (C=O) groups excluding carboxylic acids is 2. The second-order valence-corrected chi connectivity index (χ2v) is 4.80. The van der Waals surface area contributed by atoms with E-state index in [1.807, 2.05) is 0 Å². The lowest BCUT2D eigenvalue weighted by molar-refractivity contribution is -0.120. The van der Waals surface area contributed by atoms with Crippen LogP contribution in [0.15, 0.2) is 12.1 Å². The van der Waals surface area contributed by atoms with Crippen molar-refractivity contribution in [3.63, 3.8) is 0 Å². The highest BCUT2D eigenvalue weighted by atomic mass is 35.5. The van der Waals surface area contributed by atoms with E-state index >= 15 is 0 Å². The van der Waals surface area contributed by atoms with Gasteiger partial charge in [-0.1, -0.05) is 11.6 Å². The summed E-state index contributed by atoms with van der Waals surface area (Å²) in [6.45, 7) is 3.20. The molecule has 0 saturated carbocycles. The Hall–Kier alpha value is -1.95. The van der Waals surface area contributed by atoms with Gasteiger partial charge in [0.15, 0.2) is 0 Å². The average Bonchev–Trinajstić information content (AvgIpc) is 2.38. The highest BCUT2D eigenvalue weighted by molar-refractivity contribution is 6.34. The van der Waals surface area contributed by atoms with Gasteiger partial charge in [-0.25, -0.2) is 4.79 Å². The maximum absolute atomic E-state index is 12.0. The molecule has 1 fully saturated rings. The topological polar surface area (TPSA) is 84.7 Å². The first-order chi connectivity index (χ1) is 9.52. The van der Waals surface area contributed by atoms with Crippen LogP contribution in [-0.2, 0) is 9.53 Å². The fourth-order valence-electron chi connectivity index (χ4n) is 2.14. The Bertz CT molecular complexity index is 548. The Morgan fingerprint density at radius 1 is 1.55 bits per heavy atom. The molecule has 0 aliphatic carbocycles. The van der Waals surface area contributed by atoms with E-state index in [2.05, 4.69) is 5.32 Å². The molecule has 1 aliphatic rings. The molecule has 1 aromatic carbocycles. The first kappa shape index (κ1) is 14.5. The van der Waals surface area contributed by atoms with Gasteiger partial charge in [0.2, 0.25) is 5.91 Å². The predicted molar refractivity (Wildman–Crippen MR) is 77.0 cm³/mol. The Kier molecular flexibility index (Phi) is 4.34. The van der Waals surface area contributed by atoms with E-state index in [-0.39, 0.29) is 24.6 Å². The minimum Gasteiger partial charge on any atom is -0.462 e. The number of nitrogens with one attached hydrogen (secondary N) is 1. The molecule has 1 aliphatic heterocycles. The molecule has 1 amide bonds. The number of anilines is 2. The molecule has 1 saturated heterocycles. The van der Waals surface area contributed by atoms with Crippen LogP contribution < -0.4 is 16.0 Å². The molecule has 7 heteroatoms. The standard InChI is InChI=1S/C13H16ClN3O3/c1-2-20-13(19)9-5-8(15)6-10(14)12(9)17-4-3-16-11(18)7-17/h5-6H,2-4,7,15H2,1H3,(H,16,18). The molecule has 2 rings (SSSR count). The first-order valence-corrected chi connectivity index (χ1v) is 6.68. The van der Waals surface area contributed by atoms with Crippen LogP contribution in [0.5, 0.6) is 0 Å². The minimum atomic E-state index is -0.498. The quantitative estimate of drug-likeness (QED) is 0.643. The smallest absolute Gasteiger partial charge is 0.340 e. The van der Waals surface area contributed by atoms with Crippen molar-refractivity contribution in [2.24, 2.45) is 0 Å². The molecule has 0 bridgehead atoms. The summed E-state index contributed by atoms with van der Waals surface area (Å²) in [4.78, 5) is 25.3. The zero-order valence-corrected chi connectivity index (χ0v) is 11.9. The summed E-state index contributed by atoms with van der Waals surface area (Å²) < 4.78 is 5.02. The second kappa shape index (κ2) is 6.00. The van der Waals surface area contributed by atoms with Gasteiger partial charge in [0.1, 0.15) is 0 Å². The lowest BCUT2D eigenvalue weighted by Crippen LogP contribution is -2.48. The lowest BCUT2D eigenvalue weighted by atomic mass is 10.1. The zero-order valence-electron chi connectivity index (χ0n) is 11.1. The van der Waals surface area contributed by atoms with Crippen LogP contribution in [-0.4, -0.2) is 38.1 Å². The van der Waals surface area contributed by atoms with Crippen LogP contribution in [0.2, 0.25) is 5.02 Å². The Labute approximate surface area is 121 Å². The number of halogens is 1. The number of amides is 1. The van der Waals surface area contributed by atoms with Gasteiger partial charge in [0, 0.05) is 18.8 Å². The third kappa shape index (κ3) is 2.96. The maximum Gasteiger partial charge on any atom is 0.340 e. The van der Waals surface area contributed by atoms with E-state index in [1.165, 1.54) is 6.07 Å². The van der Waals surface area contributed by atoms with Crippen LogP contribution in [0.3, 0.4) is 0 Å². The van der Waals surface area contributed by atoms with Crippen LogP contribution >= 0.6 is 11.6 Å². The number of nitrogens with two attached hydrogens (primary N) is 1. The minimum absolute atomic E-state index is 0.112. The average molecular weight is 298 g/mol. The number of hydrogen-bond donors (Lipinski definition) is 2. The fraction of sp³-hybridized carbons (Fsp3) is 0.385. The molecule has 0 spiro atoms. The third-order valence-electron chi connectivity index (χ3n) is 2.94. The third-order valence-corrected chi connectivity index (χ3v) is 3.22. The predicted octanol–water partition coefficient (Wildman–Crippen LogP) is 1.04. The summed E-state index contributed by atoms with van der Waals surface area (Å²) in [5.41, 5.74) is 6.89. The number of benzene rings is 1. The Morgan fingerprint density at radius 3 is 2.95 bits per heavy atom. The van der Waals surface area contributed by atoms with Gasteiger partial charge in [-0.2, -0.15) is 0 Å². The molecule has 1 heterocycles. The van der Waals surface area contributed by atoms with Gasteiger partial charge in [0.25, 0.3) is 0 Å². The fourth-order valence-corrected chi connectivity index (χ4v) is 2.48. The van der Waals surface area contributed by atoms with Gasteiger partial charge >= 0.3 is 5.97 Å². The largest absolute Gasteiger partial charge is 0.462 e. The van der Waals surface area contributed by atoms with E-state index in [9.17, 15) is 9.59 Å². The Morgan fingerprint density at radius 2 is 2.30 bits per heavy atom. The monoisotopic (exact) mass is 297 g/mol. The van der Waals surface area contributed by atoms with Crippen molar-refractivity contribution in [1.82, 2.24) is 5.32 Å². The lowest BCUT2D eigenvalue weighted by Gasteiger charge is -2.30. The summed E-state index contributed by atoms with van der Waals surface area (Å²) in [5, 5.41) is 3.06. The first-order valence-electron chi connectivity index (χ1n) is 6.30. The molecule has 0 aromatic heterocycles. The van der Waals surface area contributed by atoms with Gasteiger partial charge in [0.05, 0.1) is 29.4 Å². The summed E-state index contributed by atoms with van der Waals surface area (Å²) in [7, 11) is 0. The molecule has 0 radical (unpaired) electrons. The molecule has 20 heavy (non-hydrogen) atoms. The summed E-state index contributed by atoms with van der Waals surface area (Å²) in [5.74, 6) is -0.610. The number of esters is 1. The highest BCUT2D eigenvalue weighted by Gasteiger charge is 2.25. The van der Waals surface area contributed by atoms with Crippen molar-refractivity contribution in [2.75, 3.05) is 36.9 Å². The molecule has 0 unspecified atom stereocenters. The van der Waals surface area contributed by atoms with E-state index < -0.39 is 5.97 Å². The number of piperazine rings is 1. The van der Waals surface area contributed by atoms with Crippen LogP contribution in [0, 0.1) is 0 Å². The molecule has 0 atom stereocenters. The highest BCUT2D eigenvalue weighted by Crippen LogP contribution is 2.33.